The van der Waals surface area contributed by atoms with Gasteiger partial charge in [-0.05, 0) is 6.07 Å². The van der Waals surface area contributed by atoms with Crippen molar-refractivity contribution in [3.8, 4) is 0 Å². The lowest BCUT2D eigenvalue weighted by Gasteiger charge is -2.01. The third kappa shape index (κ3) is 1.70. The highest BCUT2D eigenvalue weighted by atomic mass is 16.6. The SMILES string of the molecule is CO/N=C(\C(=O)[O-])c1cn2cccnc2n1. The Balaban J connectivity index is 2.53. The van der Waals surface area contributed by atoms with E-state index < -0.39 is 5.97 Å². The van der Waals surface area contributed by atoms with E-state index in [-0.39, 0.29) is 11.4 Å². The molecule has 2 aromatic rings. The lowest BCUT2D eigenvalue weighted by Crippen LogP contribution is -2.32. The third-order valence-corrected chi connectivity index (χ3v) is 1.85. The summed E-state index contributed by atoms with van der Waals surface area (Å²) in [5, 5.41) is 14.1. The molecule has 0 saturated heterocycles. The minimum atomic E-state index is -1.45. The Morgan fingerprint density at radius 3 is 3.06 bits per heavy atom. The number of carboxylic acid groups (broad SMARTS) is 1. The lowest BCUT2D eigenvalue weighted by molar-refractivity contribution is -0.294. The lowest BCUT2D eigenvalue weighted by atomic mass is 10.3. The van der Waals surface area contributed by atoms with Crippen molar-refractivity contribution >= 4 is 17.5 Å². The number of hydrogen-bond donors (Lipinski definition) is 0. The van der Waals surface area contributed by atoms with E-state index in [1.165, 1.54) is 13.3 Å². The summed E-state index contributed by atoms with van der Waals surface area (Å²) in [6.45, 7) is 0. The Labute approximate surface area is 90.0 Å². The van der Waals surface area contributed by atoms with Gasteiger partial charge in [-0.25, -0.2) is 9.97 Å². The van der Waals surface area contributed by atoms with Crippen LogP contribution < -0.4 is 5.11 Å². The van der Waals surface area contributed by atoms with Crippen molar-refractivity contribution in [2.45, 2.75) is 0 Å². The number of carboxylic acids is 1. The van der Waals surface area contributed by atoms with E-state index >= 15 is 0 Å². The van der Waals surface area contributed by atoms with E-state index in [4.69, 9.17) is 0 Å². The second-order valence-corrected chi connectivity index (χ2v) is 2.86. The molecule has 0 fully saturated rings. The quantitative estimate of drug-likeness (QED) is 0.479. The zero-order valence-electron chi connectivity index (χ0n) is 8.32. The van der Waals surface area contributed by atoms with Crippen LogP contribution in [-0.4, -0.2) is 33.2 Å². The molecule has 7 heteroatoms. The van der Waals surface area contributed by atoms with Crippen LogP contribution in [0, 0.1) is 0 Å². The van der Waals surface area contributed by atoms with E-state index in [0.29, 0.717) is 5.78 Å². The number of imidazole rings is 1. The second kappa shape index (κ2) is 3.97. The van der Waals surface area contributed by atoms with Crippen LogP contribution >= 0.6 is 0 Å². The molecule has 7 nitrogen and oxygen atoms in total. The van der Waals surface area contributed by atoms with Crippen molar-refractivity contribution in [1.82, 2.24) is 14.4 Å². The normalized spacial score (nSPS) is 11.7. The minimum Gasteiger partial charge on any atom is -0.543 e. The van der Waals surface area contributed by atoms with Gasteiger partial charge in [0, 0.05) is 18.6 Å². The fraction of sp³-hybridized carbons (Fsp3) is 0.111. The summed E-state index contributed by atoms with van der Waals surface area (Å²) < 4.78 is 1.57. The van der Waals surface area contributed by atoms with Gasteiger partial charge in [-0.15, -0.1) is 0 Å². The van der Waals surface area contributed by atoms with Crippen molar-refractivity contribution in [3.05, 3.63) is 30.4 Å². The number of rotatable bonds is 3. The first kappa shape index (κ1) is 10.1. The Kier molecular flexibility index (Phi) is 2.50. The van der Waals surface area contributed by atoms with Gasteiger partial charge < -0.3 is 14.7 Å². The molecule has 0 N–H and O–H groups in total. The van der Waals surface area contributed by atoms with E-state index in [1.807, 2.05) is 0 Å². The summed E-state index contributed by atoms with van der Waals surface area (Å²) in [7, 11) is 1.25. The van der Waals surface area contributed by atoms with Crippen molar-refractivity contribution in [3.63, 3.8) is 0 Å². The summed E-state index contributed by atoms with van der Waals surface area (Å²) in [4.78, 5) is 23.1. The smallest absolute Gasteiger partial charge is 0.234 e. The molecule has 16 heavy (non-hydrogen) atoms. The van der Waals surface area contributed by atoms with Crippen molar-refractivity contribution in [2.24, 2.45) is 5.16 Å². The van der Waals surface area contributed by atoms with Gasteiger partial charge in [-0.1, -0.05) is 5.16 Å². The molecule has 82 valence electrons. The average molecular weight is 219 g/mol. The molecule has 0 spiro atoms. The molecular formula is C9H7N4O3-. The molecule has 2 aromatic heterocycles. The largest absolute Gasteiger partial charge is 0.543 e. The Bertz CT molecular complexity index is 528. The standard InChI is InChI=1S/C9H8N4O3/c1-16-12-7(8(14)15)6-5-13-4-2-3-10-9(13)11-6/h2-5H,1H3,(H,14,15)/p-1/b12-7-. The number of nitrogens with zero attached hydrogens (tertiary/aromatic N) is 4. The molecule has 0 aliphatic rings. The summed E-state index contributed by atoms with van der Waals surface area (Å²) in [5.74, 6) is -1.08. The van der Waals surface area contributed by atoms with Crippen LogP contribution in [0.1, 0.15) is 5.69 Å². The molecule has 0 radical (unpaired) electrons. The van der Waals surface area contributed by atoms with Gasteiger partial charge >= 0.3 is 0 Å². The maximum absolute atomic E-state index is 10.8. The van der Waals surface area contributed by atoms with Crippen LogP contribution in [0.5, 0.6) is 0 Å². The van der Waals surface area contributed by atoms with Gasteiger partial charge in [0.25, 0.3) is 0 Å². The molecule has 2 heterocycles. The van der Waals surface area contributed by atoms with Gasteiger partial charge in [0.1, 0.15) is 12.8 Å². The highest BCUT2D eigenvalue weighted by Gasteiger charge is 2.11. The molecular weight excluding hydrogens is 212 g/mol. The molecule has 0 aromatic carbocycles. The highest BCUT2D eigenvalue weighted by molar-refractivity contribution is 6.41. The van der Waals surface area contributed by atoms with Crippen LogP contribution in [0.3, 0.4) is 0 Å². The number of carbonyl (C=O) groups is 1. The third-order valence-electron chi connectivity index (χ3n) is 1.85. The molecule has 0 aliphatic heterocycles. The van der Waals surface area contributed by atoms with Gasteiger partial charge in [0.2, 0.25) is 5.78 Å². The van der Waals surface area contributed by atoms with Crippen LogP contribution in [0.25, 0.3) is 5.78 Å². The highest BCUT2D eigenvalue weighted by Crippen LogP contribution is 2.03. The predicted molar refractivity (Wildman–Crippen MR) is 51.5 cm³/mol. The molecule has 0 amide bonds. The predicted octanol–water partition coefficient (Wildman–Crippen LogP) is -1.17. The first-order valence-corrected chi connectivity index (χ1v) is 4.35. The van der Waals surface area contributed by atoms with Crippen LogP contribution in [-0.2, 0) is 9.63 Å². The van der Waals surface area contributed by atoms with Crippen molar-refractivity contribution in [2.75, 3.05) is 7.11 Å². The first-order valence-electron chi connectivity index (χ1n) is 4.35. The summed E-state index contributed by atoms with van der Waals surface area (Å²) >= 11 is 0. The first-order chi connectivity index (χ1) is 7.72. The zero-order chi connectivity index (χ0) is 11.5. The second-order valence-electron chi connectivity index (χ2n) is 2.86. The maximum Gasteiger partial charge on any atom is 0.234 e. The Hall–Kier alpha value is -2.44. The monoisotopic (exact) mass is 219 g/mol. The average Bonchev–Trinajstić information content (AvgIpc) is 2.68. The van der Waals surface area contributed by atoms with E-state index in [2.05, 4.69) is 20.0 Å². The Morgan fingerprint density at radius 2 is 2.44 bits per heavy atom. The zero-order valence-corrected chi connectivity index (χ0v) is 8.32. The fourth-order valence-electron chi connectivity index (χ4n) is 1.22. The van der Waals surface area contributed by atoms with Gasteiger partial charge in [-0.3, -0.25) is 4.40 Å². The number of aliphatic carboxylic acids is 1. The number of carbonyl (C=O) groups excluding carboxylic acids is 1. The minimum absolute atomic E-state index is 0.139. The Morgan fingerprint density at radius 1 is 1.62 bits per heavy atom. The van der Waals surface area contributed by atoms with Gasteiger partial charge in [0.05, 0.1) is 5.97 Å². The van der Waals surface area contributed by atoms with Crippen LogP contribution in [0.4, 0.5) is 0 Å². The fourth-order valence-corrected chi connectivity index (χ4v) is 1.22. The molecule has 0 saturated carbocycles. The molecule has 0 unspecified atom stereocenters. The summed E-state index contributed by atoms with van der Waals surface area (Å²) in [6, 6.07) is 1.70. The van der Waals surface area contributed by atoms with Crippen LogP contribution in [0.2, 0.25) is 0 Å². The van der Waals surface area contributed by atoms with E-state index in [9.17, 15) is 9.90 Å². The summed E-state index contributed by atoms with van der Waals surface area (Å²) in [6.07, 6.45) is 4.73. The number of fused-ring (bicyclic) bond motifs is 1. The van der Waals surface area contributed by atoms with Gasteiger partial charge in [-0.2, -0.15) is 0 Å². The maximum atomic E-state index is 10.8. The van der Waals surface area contributed by atoms with Gasteiger partial charge in [0.15, 0.2) is 5.71 Å². The molecule has 0 bridgehead atoms. The number of oxime groups is 1. The molecule has 2 rings (SSSR count). The van der Waals surface area contributed by atoms with E-state index in [1.54, 1.807) is 22.9 Å². The molecule has 0 atom stereocenters. The van der Waals surface area contributed by atoms with E-state index in [0.717, 1.165) is 0 Å². The van der Waals surface area contributed by atoms with Crippen molar-refractivity contribution < 1.29 is 14.7 Å². The topological polar surface area (TPSA) is 91.9 Å². The number of aromatic nitrogens is 3. The van der Waals surface area contributed by atoms with Crippen LogP contribution in [0.15, 0.2) is 29.8 Å². The molecule has 0 aliphatic carbocycles. The number of hydrogen-bond acceptors (Lipinski definition) is 6. The van der Waals surface area contributed by atoms with Crippen molar-refractivity contribution in [1.29, 1.82) is 0 Å². The summed E-state index contributed by atoms with van der Waals surface area (Å²) in [5.41, 5.74) is -0.228.